The highest BCUT2D eigenvalue weighted by Crippen LogP contribution is 2.31. The van der Waals surface area contributed by atoms with Crippen molar-refractivity contribution in [2.75, 3.05) is 6.61 Å². The summed E-state index contributed by atoms with van der Waals surface area (Å²) < 4.78 is 39.2. The molecular weight excluding hydrogens is 422 g/mol. The van der Waals surface area contributed by atoms with Gasteiger partial charge in [-0.3, -0.25) is 0 Å². The average Bonchev–Trinajstić information content (AvgIpc) is 2.79. The topological polar surface area (TPSA) is 99.4 Å². The normalized spacial score (nSPS) is 26.0. The maximum atomic E-state index is 14.6. The molecule has 32 heavy (non-hydrogen) atoms. The van der Waals surface area contributed by atoms with Gasteiger partial charge in [-0.05, 0) is 28.5 Å². The van der Waals surface area contributed by atoms with E-state index in [1.165, 1.54) is 6.08 Å². The molecule has 1 heterocycles. The predicted octanol–water partition coefficient (Wildman–Crippen LogP) is 2.47. The minimum absolute atomic E-state index is 0.0348. The summed E-state index contributed by atoms with van der Waals surface area (Å²) in [4.78, 5) is 0. The van der Waals surface area contributed by atoms with Gasteiger partial charge >= 0.3 is 0 Å². The van der Waals surface area contributed by atoms with E-state index in [2.05, 4.69) is 0 Å². The van der Waals surface area contributed by atoms with Crippen LogP contribution in [0.3, 0.4) is 0 Å². The third kappa shape index (κ3) is 4.50. The van der Waals surface area contributed by atoms with E-state index in [1.807, 2.05) is 42.5 Å². The van der Waals surface area contributed by atoms with E-state index in [9.17, 15) is 29.2 Å². The molecule has 8 heteroatoms. The minimum atomic E-state index is -1.73. The Morgan fingerprint density at radius 2 is 1.62 bits per heavy atom. The number of aliphatic hydroxyl groups excluding tert-OH is 4. The Balaban J connectivity index is 1.64. The average molecular weight is 444 g/mol. The molecule has 1 fully saturated rings. The lowest BCUT2D eigenvalue weighted by Crippen LogP contribution is -2.60. The van der Waals surface area contributed by atoms with E-state index in [1.54, 1.807) is 6.08 Å². The van der Waals surface area contributed by atoms with Crippen LogP contribution in [0, 0.1) is 11.6 Å². The number of benzene rings is 3. The first kappa shape index (κ1) is 22.3. The fraction of sp³-hybridized carbons (Fsp3) is 0.250. The van der Waals surface area contributed by atoms with Crippen molar-refractivity contribution in [2.45, 2.75) is 30.7 Å². The quantitative estimate of drug-likeness (QED) is 0.452. The molecule has 4 rings (SSSR count). The molecule has 0 amide bonds. The van der Waals surface area contributed by atoms with Crippen LogP contribution in [0.15, 0.2) is 54.6 Å². The van der Waals surface area contributed by atoms with Gasteiger partial charge in [0.25, 0.3) is 0 Å². The number of fused-ring (bicyclic) bond motifs is 1. The maximum Gasteiger partial charge on any atom is 0.229 e. The Hall–Kier alpha value is -2.88. The second kappa shape index (κ2) is 9.32. The SMILES string of the molecule is OC[C@H]1O[C@@H](Oc2c(F)cc(F)cc2/C=C/c2ccc3ccccc3c2)[C@H](O)[C@@H](O)[C@@H]1O. The van der Waals surface area contributed by atoms with Gasteiger partial charge in [0.2, 0.25) is 6.29 Å². The Labute approximate surface area is 182 Å². The summed E-state index contributed by atoms with van der Waals surface area (Å²) in [6.07, 6.45) is -4.71. The highest BCUT2D eigenvalue weighted by molar-refractivity contribution is 5.86. The van der Waals surface area contributed by atoms with Crippen LogP contribution in [0.1, 0.15) is 11.1 Å². The van der Waals surface area contributed by atoms with Crippen molar-refractivity contribution < 1.29 is 38.7 Å². The molecule has 0 spiro atoms. The van der Waals surface area contributed by atoms with Crippen LogP contribution < -0.4 is 4.74 Å². The summed E-state index contributed by atoms with van der Waals surface area (Å²) in [6.45, 7) is -0.661. The van der Waals surface area contributed by atoms with Crippen molar-refractivity contribution in [1.29, 1.82) is 0 Å². The third-order valence-electron chi connectivity index (χ3n) is 5.35. The van der Waals surface area contributed by atoms with Crippen molar-refractivity contribution in [3.8, 4) is 5.75 Å². The highest BCUT2D eigenvalue weighted by Gasteiger charge is 2.45. The number of hydrogen-bond acceptors (Lipinski definition) is 6. The number of hydrogen-bond donors (Lipinski definition) is 4. The lowest BCUT2D eigenvalue weighted by Gasteiger charge is -2.39. The van der Waals surface area contributed by atoms with Crippen LogP contribution in [-0.4, -0.2) is 57.7 Å². The Morgan fingerprint density at radius 3 is 2.38 bits per heavy atom. The van der Waals surface area contributed by atoms with Gasteiger partial charge in [-0.2, -0.15) is 0 Å². The van der Waals surface area contributed by atoms with Gasteiger partial charge in [-0.15, -0.1) is 0 Å². The molecule has 5 atom stereocenters. The van der Waals surface area contributed by atoms with Gasteiger partial charge in [-0.25, -0.2) is 8.78 Å². The van der Waals surface area contributed by atoms with E-state index >= 15 is 0 Å². The largest absolute Gasteiger partial charge is 0.458 e. The smallest absolute Gasteiger partial charge is 0.229 e. The number of ether oxygens (including phenoxy) is 2. The summed E-state index contributed by atoms with van der Waals surface area (Å²) >= 11 is 0. The monoisotopic (exact) mass is 444 g/mol. The van der Waals surface area contributed by atoms with Crippen molar-refractivity contribution in [2.24, 2.45) is 0 Å². The molecule has 4 N–H and O–H groups in total. The first-order valence-corrected chi connectivity index (χ1v) is 10.0. The Morgan fingerprint density at radius 1 is 0.875 bits per heavy atom. The first-order chi connectivity index (χ1) is 15.4. The van der Waals surface area contributed by atoms with Gasteiger partial charge in [0.1, 0.15) is 30.2 Å². The number of halogens is 2. The van der Waals surface area contributed by atoms with Crippen LogP contribution in [0.5, 0.6) is 5.75 Å². The molecule has 168 valence electrons. The van der Waals surface area contributed by atoms with E-state index in [0.717, 1.165) is 22.4 Å². The predicted molar refractivity (Wildman–Crippen MR) is 114 cm³/mol. The van der Waals surface area contributed by atoms with Crippen LogP contribution in [-0.2, 0) is 4.74 Å². The van der Waals surface area contributed by atoms with Gasteiger partial charge in [0.15, 0.2) is 11.6 Å². The summed E-state index contributed by atoms with van der Waals surface area (Å²) in [6, 6.07) is 15.1. The number of aliphatic hydroxyl groups is 4. The molecule has 0 unspecified atom stereocenters. The first-order valence-electron chi connectivity index (χ1n) is 10.0. The van der Waals surface area contributed by atoms with E-state index in [4.69, 9.17) is 9.47 Å². The van der Waals surface area contributed by atoms with Crippen molar-refractivity contribution >= 4 is 22.9 Å². The zero-order valence-corrected chi connectivity index (χ0v) is 16.8. The van der Waals surface area contributed by atoms with Gasteiger partial charge in [0, 0.05) is 11.6 Å². The van der Waals surface area contributed by atoms with Crippen molar-refractivity contribution in [1.82, 2.24) is 0 Å². The summed E-state index contributed by atoms with van der Waals surface area (Å²) in [5.41, 5.74) is 0.819. The second-order valence-corrected chi connectivity index (χ2v) is 7.56. The zero-order valence-electron chi connectivity index (χ0n) is 16.8. The Kier molecular flexibility index (Phi) is 6.50. The van der Waals surface area contributed by atoms with Gasteiger partial charge in [0.05, 0.1) is 6.61 Å². The van der Waals surface area contributed by atoms with E-state index in [-0.39, 0.29) is 5.56 Å². The standard InChI is InChI=1S/C24H22F2O6/c25-17-10-16(8-6-13-5-7-14-3-1-2-4-15(14)9-13)23(18(26)11-17)32-24-22(30)21(29)20(28)19(12-27)31-24/h1-11,19-22,24,27-30H,12H2/b8-6+/t19-,20-,21+,22-,24+/m1/s1. The molecule has 6 nitrogen and oxygen atoms in total. The molecule has 3 aromatic carbocycles. The molecule has 3 aromatic rings. The van der Waals surface area contributed by atoms with Crippen molar-refractivity contribution in [3.05, 3.63) is 77.4 Å². The molecule has 0 saturated carbocycles. The van der Waals surface area contributed by atoms with Crippen LogP contribution in [0.25, 0.3) is 22.9 Å². The number of rotatable bonds is 5. The Bertz CT molecular complexity index is 1130. The summed E-state index contributed by atoms with van der Waals surface area (Å²) in [7, 11) is 0. The molecule has 0 bridgehead atoms. The fourth-order valence-corrected chi connectivity index (χ4v) is 3.61. The molecule has 1 aliphatic rings. The van der Waals surface area contributed by atoms with Crippen LogP contribution in [0.4, 0.5) is 8.78 Å². The highest BCUT2D eigenvalue weighted by atomic mass is 19.1. The molecule has 0 aromatic heterocycles. The van der Waals surface area contributed by atoms with Crippen LogP contribution in [0.2, 0.25) is 0 Å². The lowest BCUT2D eigenvalue weighted by molar-refractivity contribution is -0.277. The summed E-state index contributed by atoms with van der Waals surface area (Å²) in [5.74, 6) is -2.28. The van der Waals surface area contributed by atoms with E-state index < -0.39 is 54.7 Å². The van der Waals surface area contributed by atoms with Gasteiger partial charge < -0.3 is 29.9 Å². The molecule has 0 aliphatic carbocycles. The van der Waals surface area contributed by atoms with Crippen molar-refractivity contribution in [3.63, 3.8) is 0 Å². The zero-order chi connectivity index (χ0) is 22.8. The van der Waals surface area contributed by atoms with Crippen LogP contribution >= 0.6 is 0 Å². The molecule has 1 aliphatic heterocycles. The fourth-order valence-electron chi connectivity index (χ4n) is 3.61. The third-order valence-corrected chi connectivity index (χ3v) is 5.35. The minimum Gasteiger partial charge on any atom is -0.458 e. The second-order valence-electron chi connectivity index (χ2n) is 7.56. The molecule has 0 radical (unpaired) electrons. The lowest BCUT2D eigenvalue weighted by atomic mass is 9.99. The molecule has 1 saturated heterocycles. The van der Waals surface area contributed by atoms with E-state index in [0.29, 0.717) is 6.07 Å². The molecular formula is C24H22F2O6. The summed E-state index contributed by atoms with van der Waals surface area (Å²) in [5, 5.41) is 41.3. The maximum absolute atomic E-state index is 14.6. The van der Waals surface area contributed by atoms with Gasteiger partial charge in [-0.1, -0.05) is 48.6 Å².